The molecule has 0 aliphatic carbocycles. The van der Waals surface area contributed by atoms with E-state index < -0.39 is 0 Å². The summed E-state index contributed by atoms with van der Waals surface area (Å²) in [6.45, 7) is 0. The Morgan fingerprint density at radius 1 is 0.489 bits per heavy atom. The SMILES string of the molecule is c1ccc2c(c1)cc(-c1ccc(N(c3cnc4oc5ccccc5c4c3)c3cccc4c3oc3cccnc34)cc1)c1ccccc12. The average molecular weight is 604 g/mol. The van der Waals surface area contributed by atoms with Crippen molar-refractivity contribution < 1.29 is 8.83 Å². The van der Waals surface area contributed by atoms with Gasteiger partial charge < -0.3 is 13.7 Å². The second kappa shape index (κ2) is 10.0. The van der Waals surface area contributed by atoms with E-state index in [1.54, 1.807) is 6.20 Å². The van der Waals surface area contributed by atoms with E-state index >= 15 is 0 Å². The first-order valence-corrected chi connectivity index (χ1v) is 15.6. The number of hydrogen-bond donors (Lipinski definition) is 0. The maximum absolute atomic E-state index is 6.49. The lowest BCUT2D eigenvalue weighted by Crippen LogP contribution is -2.10. The van der Waals surface area contributed by atoms with Crippen LogP contribution in [0.1, 0.15) is 0 Å². The van der Waals surface area contributed by atoms with Crippen molar-refractivity contribution in [2.45, 2.75) is 0 Å². The Morgan fingerprint density at radius 2 is 1.23 bits per heavy atom. The fourth-order valence-electron chi connectivity index (χ4n) is 7.01. The van der Waals surface area contributed by atoms with Crippen LogP contribution in [0, 0.1) is 0 Å². The minimum Gasteiger partial charge on any atom is -0.452 e. The predicted molar refractivity (Wildman–Crippen MR) is 192 cm³/mol. The highest BCUT2D eigenvalue weighted by Gasteiger charge is 2.21. The monoisotopic (exact) mass is 603 g/mol. The zero-order chi connectivity index (χ0) is 30.9. The molecule has 0 amide bonds. The van der Waals surface area contributed by atoms with Crippen LogP contribution in [-0.4, -0.2) is 9.97 Å². The maximum Gasteiger partial charge on any atom is 0.227 e. The first-order valence-electron chi connectivity index (χ1n) is 15.6. The number of rotatable bonds is 4. The number of aromatic nitrogens is 2. The number of benzene rings is 6. The molecular weight excluding hydrogens is 578 g/mol. The van der Waals surface area contributed by atoms with Crippen LogP contribution in [0.25, 0.3) is 76.8 Å². The van der Waals surface area contributed by atoms with Crippen molar-refractivity contribution >= 4 is 82.7 Å². The van der Waals surface area contributed by atoms with Gasteiger partial charge in [0, 0.05) is 22.7 Å². The molecule has 0 spiro atoms. The second-order valence-corrected chi connectivity index (χ2v) is 11.8. The van der Waals surface area contributed by atoms with Gasteiger partial charge in [0.05, 0.1) is 23.0 Å². The lowest BCUT2D eigenvalue weighted by Gasteiger charge is -2.25. The topological polar surface area (TPSA) is 55.3 Å². The van der Waals surface area contributed by atoms with Crippen molar-refractivity contribution in [3.05, 3.63) is 152 Å². The molecule has 0 aliphatic heterocycles. The average Bonchev–Trinajstić information content (AvgIpc) is 3.71. The summed E-state index contributed by atoms with van der Waals surface area (Å²) in [6, 6.07) is 48.6. The molecule has 0 saturated heterocycles. The van der Waals surface area contributed by atoms with Gasteiger partial charge in [-0.25, -0.2) is 4.98 Å². The number of para-hydroxylation sites is 2. The van der Waals surface area contributed by atoms with Gasteiger partial charge in [-0.05, 0) is 87.3 Å². The third-order valence-electron chi connectivity index (χ3n) is 9.16. The molecule has 220 valence electrons. The smallest absolute Gasteiger partial charge is 0.227 e. The highest BCUT2D eigenvalue weighted by atomic mass is 16.3. The quantitative estimate of drug-likeness (QED) is 0.187. The number of hydrogen-bond acceptors (Lipinski definition) is 5. The molecule has 10 aromatic rings. The van der Waals surface area contributed by atoms with Crippen LogP contribution in [0.3, 0.4) is 0 Å². The number of furan rings is 2. The molecule has 0 saturated carbocycles. The highest BCUT2D eigenvalue weighted by molar-refractivity contribution is 6.14. The van der Waals surface area contributed by atoms with Gasteiger partial charge in [0.25, 0.3) is 0 Å². The molecule has 10 rings (SSSR count). The van der Waals surface area contributed by atoms with E-state index in [9.17, 15) is 0 Å². The van der Waals surface area contributed by atoms with Gasteiger partial charge in [-0.15, -0.1) is 0 Å². The zero-order valence-electron chi connectivity index (χ0n) is 25.1. The Kier molecular flexibility index (Phi) is 5.51. The minimum atomic E-state index is 0.611. The molecule has 0 aliphatic rings. The molecule has 0 fully saturated rings. The third kappa shape index (κ3) is 3.97. The summed E-state index contributed by atoms with van der Waals surface area (Å²) in [4.78, 5) is 11.6. The van der Waals surface area contributed by atoms with Crippen LogP contribution in [0.5, 0.6) is 0 Å². The number of fused-ring (bicyclic) bond motifs is 9. The van der Waals surface area contributed by atoms with Gasteiger partial charge in [0.15, 0.2) is 11.2 Å². The van der Waals surface area contributed by atoms with E-state index in [2.05, 4.69) is 119 Å². The molecule has 0 N–H and O–H groups in total. The van der Waals surface area contributed by atoms with E-state index in [4.69, 9.17) is 13.8 Å². The highest BCUT2D eigenvalue weighted by Crippen LogP contribution is 2.44. The van der Waals surface area contributed by atoms with Crippen molar-refractivity contribution in [2.24, 2.45) is 0 Å². The summed E-state index contributed by atoms with van der Waals surface area (Å²) >= 11 is 0. The molecule has 47 heavy (non-hydrogen) atoms. The Hall–Kier alpha value is -6.46. The minimum absolute atomic E-state index is 0.611. The van der Waals surface area contributed by atoms with Gasteiger partial charge in [-0.3, -0.25) is 4.98 Å². The standard InChI is InChI=1S/C42H25N3O2/c1-2-10-30-27(9-1)23-35(32-12-4-3-11-31(30)32)26-18-20-28(21-19-26)45(29-24-36-33-13-5-6-16-38(33)47-42(36)44-25-29)37-15-7-14-34-40-39(46-41(34)37)17-8-22-43-40/h1-25H. The van der Waals surface area contributed by atoms with Crippen LogP contribution in [-0.2, 0) is 0 Å². The normalized spacial score (nSPS) is 11.8. The molecule has 5 heteroatoms. The number of anilines is 3. The summed E-state index contributed by atoms with van der Waals surface area (Å²) < 4.78 is 12.6. The molecule has 5 nitrogen and oxygen atoms in total. The van der Waals surface area contributed by atoms with Crippen LogP contribution in [0.2, 0.25) is 0 Å². The Labute approximate surface area is 268 Å². The number of nitrogens with zero attached hydrogens (tertiary/aromatic N) is 3. The summed E-state index contributed by atoms with van der Waals surface area (Å²) in [5.74, 6) is 0. The van der Waals surface area contributed by atoms with E-state index in [1.165, 1.54) is 27.1 Å². The van der Waals surface area contributed by atoms with Crippen molar-refractivity contribution in [1.82, 2.24) is 9.97 Å². The van der Waals surface area contributed by atoms with Crippen LogP contribution in [0.4, 0.5) is 17.1 Å². The van der Waals surface area contributed by atoms with Crippen molar-refractivity contribution in [2.75, 3.05) is 4.90 Å². The van der Waals surface area contributed by atoms with Crippen molar-refractivity contribution in [3.8, 4) is 11.1 Å². The van der Waals surface area contributed by atoms with E-state index in [0.717, 1.165) is 61.1 Å². The summed E-state index contributed by atoms with van der Waals surface area (Å²) in [6.07, 6.45) is 3.67. The summed E-state index contributed by atoms with van der Waals surface area (Å²) in [5, 5.41) is 7.92. The van der Waals surface area contributed by atoms with Gasteiger partial charge in [0.2, 0.25) is 5.71 Å². The Balaban J connectivity index is 1.19. The number of pyridine rings is 2. The van der Waals surface area contributed by atoms with Gasteiger partial charge in [0.1, 0.15) is 11.1 Å². The molecular formula is C42H25N3O2. The molecule has 4 heterocycles. The Morgan fingerprint density at radius 3 is 2.13 bits per heavy atom. The largest absolute Gasteiger partial charge is 0.452 e. The van der Waals surface area contributed by atoms with Crippen molar-refractivity contribution in [3.63, 3.8) is 0 Å². The second-order valence-electron chi connectivity index (χ2n) is 11.8. The first kappa shape index (κ1) is 25.8. The fraction of sp³-hybridized carbons (Fsp3) is 0. The van der Waals surface area contributed by atoms with E-state index in [0.29, 0.717) is 5.71 Å². The first-order chi connectivity index (χ1) is 23.3. The van der Waals surface area contributed by atoms with E-state index in [1.807, 2.05) is 36.5 Å². The third-order valence-corrected chi connectivity index (χ3v) is 9.16. The van der Waals surface area contributed by atoms with Crippen LogP contribution in [0.15, 0.2) is 161 Å². The molecule has 6 aromatic carbocycles. The molecule has 0 radical (unpaired) electrons. The van der Waals surface area contributed by atoms with Crippen LogP contribution < -0.4 is 4.90 Å². The summed E-state index contributed by atoms with van der Waals surface area (Å²) in [5.41, 5.74) is 8.92. The lowest BCUT2D eigenvalue weighted by atomic mass is 9.93. The van der Waals surface area contributed by atoms with Gasteiger partial charge in [-0.2, -0.15) is 0 Å². The van der Waals surface area contributed by atoms with E-state index in [-0.39, 0.29) is 0 Å². The Bertz CT molecular complexity index is 2810. The maximum atomic E-state index is 6.49. The molecule has 0 bridgehead atoms. The lowest BCUT2D eigenvalue weighted by molar-refractivity contribution is 0.654. The van der Waals surface area contributed by atoms with Gasteiger partial charge >= 0.3 is 0 Å². The molecule has 4 aromatic heterocycles. The molecule has 0 unspecified atom stereocenters. The predicted octanol–water partition coefficient (Wildman–Crippen LogP) is 11.7. The zero-order valence-corrected chi connectivity index (χ0v) is 25.1. The fourth-order valence-corrected chi connectivity index (χ4v) is 7.01. The summed E-state index contributed by atoms with van der Waals surface area (Å²) in [7, 11) is 0. The van der Waals surface area contributed by atoms with Gasteiger partial charge in [-0.1, -0.05) is 84.9 Å². The van der Waals surface area contributed by atoms with Crippen molar-refractivity contribution in [1.29, 1.82) is 0 Å². The van der Waals surface area contributed by atoms with Crippen LogP contribution >= 0.6 is 0 Å². The molecule has 0 atom stereocenters.